The predicted molar refractivity (Wildman–Crippen MR) is 108 cm³/mol. The summed E-state index contributed by atoms with van der Waals surface area (Å²) < 4.78 is 5.83. The maximum atomic E-state index is 12.7. The Morgan fingerprint density at radius 1 is 1.21 bits per heavy atom. The van der Waals surface area contributed by atoms with E-state index in [0.717, 1.165) is 23.1 Å². The van der Waals surface area contributed by atoms with Gasteiger partial charge >= 0.3 is 0 Å². The highest BCUT2D eigenvalue weighted by Crippen LogP contribution is 2.43. The fourth-order valence-corrected chi connectivity index (χ4v) is 4.76. The monoisotopic (exact) mass is 396 g/mol. The smallest absolute Gasteiger partial charge is 0.297 e. The van der Waals surface area contributed by atoms with Crippen molar-refractivity contribution in [3.63, 3.8) is 0 Å². The second-order valence-electron chi connectivity index (χ2n) is 7.47. The van der Waals surface area contributed by atoms with Crippen molar-refractivity contribution in [3.8, 4) is 0 Å². The largest absolute Gasteiger partial charge is 0.424 e. The second kappa shape index (κ2) is 6.88. The molecule has 2 aliphatic rings. The molecule has 0 spiro atoms. The number of rotatable bonds is 3. The summed E-state index contributed by atoms with van der Waals surface area (Å²) in [6.45, 7) is 0. The van der Waals surface area contributed by atoms with Crippen LogP contribution in [-0.2, 0) is 4.79 Å². The summed E-state index contributed by atoms with van der Waals surface area (Å²) in [6.07, 6.45) is 1.18. The first kappa shape index (κ1) is 17.7. The fourth-order valence-electron chi connectivity index (χ4n) is 4.51. The number of carbonyl (C=O) groups is 1. The van der Waals surface area contributed by atoms with Crippen LogP contribution in [0.1, 0.15) is 24.4 Å². The Hall–Kier alpha value is -2.41. The molecule has 6 nitrogen and oxygen atoms in total. The number of carbonyl (C=O) groups excluding carboxylic acids is 1. The summed E-state index contributed by atoms with van der Waals surface area (Å²) in [5, 5.41) is 7.59. The van der Waals surface area contributed by atoms with E-state index in [2.05, 4.69) is 20.5 Å². The van der Waals surface area contributed by atoms with Crippen LogP contribution in [0.25, 0.3) is 11.1 Å². The molecule has 1 aromatic heterocycles. The van der Waals surface area contributed by atoms with Gasteiger partial charge in [0.15, 0.2) is 5.58 Å². The molecule has 1 saturated carbocycles. The van der Waals surface area contributed by atoms with Gasteiger partial charge in [-0.15, -0.1) is 0 Å². The normalized spacial score (nSPS) is 27.9. The molecular weight excluding hydrogens is 376 g/mol. The van der Waals surface area contributed by atoms with Gasteiger partial charge in [-0.2, -0.15) is 4.98 Å². The van der Waals surface area contributed by atoms with Crippen molar-refractivity contribution in [1.82, 2.24) is 15.2 Å². The lowest BCUT2D eigenvalue weighted by atomic mass is 9.85. The van der Waals surface area contributed by atoms with Crippen LogP contribution >= 0.6 is 11.6 Å². The predicted octanol–water partition coefficient (Wildman–Crippen LogP) is 3.80. The molecule has 1 aliphatic carbocycles. The van der Waals surface area contributed by atoms with Gasteiger partial charge in [-0.25, -0.2) is 0 Å². The standard InChI is InChI=1S/C21H21ClN4O2/c1-26-19(12-6-2-3-7-13(12)22)18-15(10-11-16(18)27)23-20(26)25-21-24-14-8-4-5-9-17(14)28-21/h2-9,15,18-20,23H,10-11H2,1H3,(H,24,25). The minimum Gasteiger partial charge on any atom is -0.424 e. The highest BCUT2D eigenvalue weighted by atomic mass is 35.5. The van der Waals surface area contributed by atoms with Crippen LogP contribution in [0.2, 0.25) is 5.02 Å². The number of hydrogen-bond donors (Lipinski definition) is 2. The molecule has 4 unspecified atom stereocenters. The maximum Gasteiger partial charge on any atom is 0.297 e. The number of Topliss-reactive ketones (excluding diaryl/α,β-unsaturated/α-hetero) is 1. The van der Waals surface area contributed by atoms with E-state index >= 15 is 0 Å². The van der Waals surface area contributed by atoms with Gasteiger partial charge in [-0.1, -0.05) is 41.9 Å². The van der Waals surface area contributed by atoms with Gasteiger partial charge in [0.25, 0.3) is 6.01 Å². The van der Waals surface area contributed by atoms with Crippen molar-refractivity contribution in [1.29, 1.82) is 0 Å². The van der Waals surface area contributed by atoms with E-state index in [9.17, 15) is 4.79 Å². The average Bonchev–Trinajstić information content (AvgIpc) is 3.26. The van der Waals surface area contributed by atoms with Crippen molar-refractivity contribution in [3.05, 3.63) is 59.1 Å². The van der Waals surface area contributed by atoms with E-state index in [1.807, 2.05) is 55.6 Å². The van der Waals surface area contributed by atoms with Gasteiger partial charge < -0.3 is 9.73 Å². The number of oxazole rings is 1. The Kier molecular flexibility index (Phi) is 4.34. The van der Waals surface area contributed by atoms with Gasteiger partial charge in [0.1, 0.15) is 17.6 Å². The van der Waals surface area contributed by atoms with Crippen molar-refractivity contribution in [2.75, 3.05) is 12.4 Å². The minimum atomic E-state index is -0.235. The molecule has 7 heteroatoms. The third-order valence-electron chi connectivity index (χ3n) is 5.84. The van der Waals surface area contributed by atoms with Gasteiger partial charge in [0.2, 0.25) is 0 Å². The molecule has 3 aromatic rings. The maximum absolute atomic E-state index is 12.7. The Morgan fingerprint density at radius 3 is 2.82 bits per heavy atom. The van der Waals surface area contributed by atoms with Crippen LogP contribution < -0.4 is 10.6 Å². The van der Waals surface area contributed by atoms with Crippen LogP contribution in [-0.4, -0.2) is 35.0 Å². The number of halogens is 1. The molecule has 144 valence electrons. The molecular formula is C21H21ClN4O2. The summed E-state index contributed by atoms with van der Waals surface area (Å²) in [4.78, 5) is 19.3. The van der Waals surface area contributed by atoms with Gasteiger partial charge in [-0.3, -0.25) is 15.0 Å². The van der Waals surface area contributed by atoms with Crippen LogP contribution in [0.3, 0.4) is 0 Å². The number of nitrogens with one attached hydrogen (secondary N) is 2. The molecule has 0 amide bonds. The molecule has 4 atom stereocenters. The van der Waals surface area contributed by atoms with Gasteiger partial charge in [0.05, 0.1) is 12.0 Å². The third-order valence-corrected chi connectivity index (χ3v) is 6.19. The summed E-state index contributed by atoms with van der Waals surface area (Å²) in [5.74, 6) is 0.168. The van der Waals surface area contributed by atoms with E-state index in [1.165, 1.54) is 0 Å². The summed E-state index contributed by atoms with van der Waals surface area (Å²) in [5.41, 5.74) is 2.52. The van der Waals surface area contributed by atoms with E-state index in [-0.39, 0.29) is 30.1 Å². The third kappa shape index (κ3) is 2.89. The van der Waals surface area contributed by atoms with Crippen LogP contribution in [0.5, 0.6) is 0 Å². The SMILES string of the molecule is CN1C(Nc2nc3ccccc3o2)NC2CCC(=O)C2C1c1ccccc1Cl. The molecule has 1 saturated heterocycles. The van der Waals surface area contributed by atoms with E-state index < -0.39 is 0 Å². The zero-order valence-corrected chi connectivity index (χ0v) is 16.2. The summed E-state index contributed by atoms with van der Waals surface area (Å²) in [6, 6.07) is 15.9. The Morgan fingerprint density at radius 2 is 2.00 bits per heavy atom. The minimum absolute atomic E-state index is 0.0897. The molecule has 0 bridgehead atoms. The zero-order valence-electron chi connectivity index (χ0n) is 15.4. The lowest BCUT2D eigenvalue weighted by Crippen LogP contribution is -2.62. The Bertz CT molecular complexity index is 1000. The van der Waals surface area contributed by atoms with E-state index in [0.29, 0.717) is 17.5 Å². The summed E-state index contributed by atoms with van der Waals surface area (Å²) in [7, 11) is 1.99. The van der Waals surface area contributed by atoms with Crippen LogP contribution in [0.4, 0.5) is 6.01 Å². The molecule has 2 fully saturated rings. The lowest BCUT2D eigenvalue weighted by Gasteiger charge is -2.46. The fraction of sp³-hybridized carbons (Fsp3) is 0.333. The number of hydrogen-bond acceptors (Lipinski definition) is 6. The zero-order chi connectivity index (χ0) is 19.3. The molecule has 5 rings (SSSR count). The number of fused-ring (bicyclic) bond motifs is 2. The molecule has 2 N–H and O–H groups in total. The van der Waals surface area contributed by atoms with Crippen molar-refractivity contribution < 1.29 is 9.21 Å². The molecule has 2 heterocycles. The van der Waals surface area contributed by atoms with Crippen molar-refractivity contribution in [2.24, 2.45) is 5.92 Å². The Balaban J connectivity index is 1.49. The molecule has 2 aromatic carbocycles. The number of aromatic nitrogens is 1. The first-order valence-corrected chi connectivity index (χ1v) is 9.87. The van der Waals surface area contributed by atoms with E-state index in [4.69, 9.17) is 16.0 Å². The number of nitrogens with zero attached hydrogens (tertiary/aromatic N) is 2. The Labute approximate surface area is 167 Å². The topological polar surface area (TPSA) is 70.4 Å². The van der Waals surface area contributed by atoms with Crippen molar-refractivity contribution >= 4 is 34.5 Å². The number of ketones is 1. The first-order chi connectivity index (χ1) is 13.6. The highest BCUT2D eigenvalue weighted by molar-refractivity contribution is 6.31. The average molecular weight is 397 g/mol. The van der Waals surface area contributed by atoms with Gasteiger partial charge in [-0.05, 0) is 37.2 Å². The van der Waals surface area contributed by atoms with Gasteiger partial charge in [0, 0.05) is 17.5 Å². The first-order valence-electron chi connectivity index (χ1n) is 9.49. The number of anilines is 1. The number of benzene rings is 2. The van der Waals surface area contributed by atoms with Crippen LogP contribution in [0.15, 0.2) is 52.9 Å². The second-order valence-corrected chi connectivity index (χ2v) is 7.88. The molecule has 0 radical (unpaired) electrons. The lowest BCUT2D eigenvalue weighted by molar-refractivity contribution is -0.125. The highest BCUT2D eigenvalue weighted by Gasteiger charge is 2.49. The quantitative estimate of drug-likeness (QED) is 0.701. The molecule has 1 aliphatic heterocycles. The van der Waals surface area contributed by atoms with Crippen molar-refractivity contribution in [2.45, 2.75) is 31.2 Å². The summed E-state index contributed by atoms with van der Waals surface area (Å²) >= 11 is 6.51. The number of para-hydroxylation sites is 2. The molecule has 28 heavy (non-hydrogen) atoms. The van der Waals surface area contributed by atoms with E-state index in [1.54, 1.807) is 0 Å². The van der Waals surface area contributed by atoms with Crippen LogP contribution in [0, 0.1) is 5.92 Å².